The van der Waals surface area contributed by atoms with Crippen molar-refractivity contribution in [3.8, 4) is 5.69 Å². The molecule has 1 aromatic carbocycles. The molecule has 0 radical (unpaired) electrons. The van der Waals surface area contributed by atoms with Crippen LogP contribution in [0.3, 0.4) is 0 Å². The Morgan fingerprint density at radius 1 is 1.05 bits per heavy atom. The number of piperidine rings is 1. The van der Waals surface area contributed by atoms with Gasteiger partial charge in [-0.3, -0.25) is 4.90 Å². The summed E-state index contributed by atoms with van der Waals surface area (Å²) in [6, 6.07) is 10.2. The molecular formula is C28H39N9. The van der Waals surface area contributed by atoms with Crippen LogP contribution in [-0.2, 0) is 13.0 Å². The van der Waals surface area contributed by atoms with E-state index in [0.29, 0.717) is 18.9 Å². The molecule has 0 aliphatic carbocycles. The van der Waals surface area contributed by atoms with Crippen molar-refractivity contribution < 1.29 is 0 Å². The van der Waals surface area contributed by atoms with Gasteiger partial charge in [0.25, 0.3) is 0 Å². The molecule has 2 N–H and O–H groups in total. The van der Waals surface area contributed by atoms with E-state index in [4.69, 9.17) is 15.8 Å². The molecule has 0 saturated carbocycles. The Bertz CT molecular complexity index is 1300. The number of nitrogens with two attached hydrogens (primary N) is 1. The number of nitrogens with zero attached hydrogens (tertiary/aromatic N) is 8. The van der Waals surface area contributed by atoms with Crippen molar-refractivity contribution in [2.24, 2.45) is 0 Å². The smallest absolute Gasteiger partial charge is 0.225 e. The van der Waals surface area contributed by atoms with Crippen LogP contribution >= 0.6 is 0 Å². The lowest BCUT2D eigenvalue weighted by Crippen LogP contribution is -2.32. The largest absolute Gasteiger partial charge is 0.368 e. The van der Waals surface area contributed by atoms with Gasteiger partial charge in [0, 0.05) is 24.4 Å². The van der Waals surface area contributed by atoms with E-state index < -0.39 is 0 Å². The molecule has 0 bridgehead atoms. The zero-order valence-electron chi connectivity index (χ0n) is 22.3. The minimum absolute atomic E-state index is 0.244. The molecule has 4 heterocycles. The normalized spacial score (nSPS) is 14.8. The fraction of sp³-hybridized carbons (Fsp3) is 0.500. The third-order valence-electron chi connectivity index (χ3n) is 7.22. The molecule has 5 rings (SSSR count). The Balaban J connectivity index is 1.36. The summed E-state index contributed by atoms with van der Waals surface area (Å²) in [4.78, 5) is 14.5. The highest BCUT2D eigenvalue weighted by Crippen LogP contribution is 2.28. The fourth-order valence-corrected chi connectivity index (χ4v) is 5.40. The van der Waals surface area contributed by atoms with Crippen LogP contribution < -0.4 is 5.73 Å². The fourth-order valence-electron chi connectivity index (χ4n) is 5.40. The number of para-hydroxylation sites is 1. The van der Waals surface area contributed by atoms with E-state index >= 15 is 0 Å². The number of hydrogen-bond acceptors (Lipinski definition) is 7. The monoisotopic (exact) mass is 501 g/mol. The van der Waals surface area contributed by atoms with Crippen molar-refractivity contribution in [2.75, 3.05) is 39.0 Å². The minimum atomic E-state index is 0.244. The molecule has 0 unspecified atom stereocenters. The maximum Gasteiger partial charge on any atom is 0.225 e. The van der Waals surface area contributed by atoms with Crippen LogP contribution in [-0.4, -0.2) is 72.4 Å². The lowest BCUT2D eigenvalue weighted by atomic mass is 9.98. The van der Waals surface area contributed by atoms with Gasteiger partial charge in [0.2, 0.25) is 5.95 Å². The maximum absolute atomic E-state index is 6.42. The van der Waals surface area contributed by atoms with Crippen LogP contribution in [0, 0.1) is 0 Å². The molecule has 37 heavy (non-hydrogen) atoms. The molecule has 1 aliphatic rings. The van der Waals surface area contributed by atoms with Gasteiger partial charge in [0.1, 0.15) is 5.82 Å². The second kappa shape index (κ2) is 11.4. The van der Waals surface area contributed by atoms with Crippen molar-refractivity contribution in [1.29, 1.82) is 0 Å². The van der Waals surface area contributed by atoms with E-state index in [1.807, 2.05) is 23.0 Å². The lowest BCUT2D eigenvalue weighted by molar-refractivity contribution is 0.210. The standard InChI is InChI=1S/C28H39N9/c1-21(2)26-23(19-22-11-5-6-12-24(22)36-18-9-13-30-36)33-37-27(26)31-25(32-28(37)29)20-34(3)14-10-17-35-15-7-4-8-16-35/h5-6,9,11-13,18,21H,4,7-8,10,14-17,19-20H2,1-3H3,(H2,29,31,32). The van der Waals surface area contributed by atoms with Gasteiger partial charge in [-0.1, -0.05) is 38.5 Å². The van der Waals surface area contributed by atoms with Gasteiger partial charge in [-0.05, 0) is 76.1 Å². The maximum atomic E-state index is 6.42. The van der Waals surface area contributed by atoms with E-state index in [9.17, 15) is 0 Å². The molecule has 1 fully saturated rings. The number of fused-ring (bicyclic) bond motifs is 1. The highest BCUT2D eigenvalue weighted by Gasteiger charge is 2.21. The number of benzene rings is 1. The van der Waals surface area contributed by atoms with Gasteiger partial charge in [-0.25, -0.2) is 9.67 Å². The zero-order valence-corrected chi connectivity index (χ0v) is 22.3. The van der Waals surface area contributed by atoms with Crippen LogP contribution in [0.1, 0.15) is 68.1 Å². The number of nitrogen functional groups attached to an aromatic ring is 1. The Morgan fingerprint density at radius 2 is 1.86 bits per heavy atom. The van der Waals surface area contributed by atoms with Crippen LogP contribution in [0.2, 0.25) is 0 Å². The Labute approximate surface area is 219 Å². The zero-order chi connectivity index (χ0) is 25.8. The van der Waals surface area contributed by atoms with Crippen molar-refractivity contribution in [1.82, 2.24) is 39.2 Å². The highest BCUT2D eigenvalue weighted by molar-refractivity contribution is 5.56. The average molecular weight is 502 g/mol. The van der Waals surface area contributed by atoms with Gasteiger partial charge >= 0.3 is 0 Å². The van der Waals surface area contributed by atoms with Crippen molar-refractivity contribution in [3.63, 3.8) is 0 Å². The van der Waals surface area contributed by atoms with Crippen LogP contribution in [0.25, 0.3) is 11.3 Å². The van der Waals surface area contributed by atoms with E-state index in [1.165, 1.54) is 32.4 Å². The molecule has 9 heteroatoms. The van der Waals surface area contributed by atoms with Crippen molar-refractivity contribution in [2.45, 2.75) is 58.4 Å². The Morgan fingerprint density at radius 3 is 2.62 bits per heavy atom. The minimum Gasteiger partial charge on any atom is -0.368 e. The molecule has 1 saturated heterocycles. The number of aromatic nitrogens is 6. The summed E-state index contributed by atoms with van der Waals surface area (Å²) in [5.74, 6) is 1.37. The van der Waals surface area contributed by atoms with Crippen molar-refractivity contribution >= 4 is 11.6 Å². The Hall–Kier alpha value is -3.30. The first-order valence-electron chi connectivity index (χ1n) is 13.5. The molecule has 0 spiro atoms. The van der Waals surface area contributed by atoms with E-state index in [1.54, 1.807) is 10.7 Å². The summed E-state index contributed by atoms with van der Waals surface area (Å²) in [7, 11) is 2.14. The Kier molecular flexibility index (Phi) is 7.81. The van der Waals surface area contributed by atoms with Crippen LogP contribution in [0.4, 0.5) is 5.95 Å². The summed E-state index contributed by atoms with van der Waals surface area (Å²) in [6.45, 7) is 9.70. The summed E-state index contributed by atoms with van der Waals surface area (Å²) in [5.41, 5.74) is 11.5. The van der Waals surface area contributed by atoms with E-state index in [2.05, 4.69) is 59.0 Å². The molecule has 1 aliphatic heterocycles. The van der Waals surface area contributed by atoms with Gasteiger partial charge in [0.05, 0.1) is 17.9 Å². The quantitative estimate of drug-likeness (QED) is 0.352. The molecule has 0 amide bonds. The highest BCUT2D eigenvalue weighted by atomic mass is 15.3. The summed E-state index contributed by atoms with van der Waals surface area (Å²) >= 11 is 0. The van der Waals surface area contributed by atoms with Crippen LogP contribution in [0.5, 0.6) is 0 Å². The molecule has 3 aromatic heterocycles. The lowest BCUT2D eigenvalue weighted by Gasteiger charge is -2.27. The number of likely N-dealkylation sites (tertiary alicyclic amines) is 1. The second-order valence-corrected chi connectivity index (χ2v) is 10.5. The molecular weight excluding hydrogens is 462 g/mol. The number of rotatable bonds is 10. The number of anilines is 1. The van der Waals surface area contributed by atoms with Crippen molar-refractivity contribution in [3.05, 3.63) is 65.4 Å². The molecule has 0 atom stereocenters. The van der Waals surface area contributed by atoms with Gasteiger partial charge in [-0.2, -0.15) is 19.7 Å². The first kappa shape index (κ1) is 25.4. The molecule has 9 nitrogen and oxygen atoms in total. The summed E-state index contributed by atoms with van der Waals surface area (Å²) < 4.78 is 3.61. The van der Waals surface area contributed by atoms with E-state index in [0.717, 1.165) is 53.5 Å². The molecule has 196 valence electrons. The van der Waals surface area contributed by atoms with E-state index in [-0.39, 0.29) is 5.92 Å². The first-order chi connectivity index (χ1) is 18.0. The predicted molar refractivity (Wildman–Crippen MR) is 147 cm³/mol. The topological polar surface area (TPSA) is 93.4 Å². The van der Waals surface area contributed by atoms with Gasteiger partial charge < -0.3 is 10.6 Å². The predicted octanol–water partition coefficient (Wildman–Crippen LogP) is 3.91. The third kappa shape index (κ3) is 5.83. The second-order valence-electron chi connectivity index (χ2n) is 10.5. The number of hydrogen-bond donors (Lipinski definition) is 1. The third-order valence-corrected chi connectivity index (χ3v) is 7.22. The summed E-state index contributed by atoms with van der Waals surface area (Å²) in [6.07, 6.45) is 9.63. The summed E-state index contributed by atoms with van der Waals surface area (Å²) in [5, 5.41) is 9.32. The SMILES string of the molecule is CC(C)c1c(Cc2ccccc2-n2cccn2)nn2c(N)nc(CN(C)CCCN3CCCCC3)nc12. The average Bonchev–Trinajstić information content (AvgIpc) is 3.54. The van der Waals surface area contributed by atoms with Gasteiger partial charge in [-0.15, -0.1) is 0 Å². The van der Waals surface area contributed by atoms with Crippen LogP contribution in [0.15, 0.2) is 42.7 Å². The molecule has 4 aromatic rings. The van der Waals surface area contributed by atoms with Gasteiger partial charge in [0.15, 0.2) is 5.65 Å². The first-order valence-corrected chi connectivity index (χ1v) is 13.5.